The van der Waals surface area contributed by atoms with Crippen molar-refractivity contribution in [3.05, 3.63) is 0 Å². The Morgan fingerprint density at radius 3 is 2.68 bits per heavy atom. The lowest BCUT2D eigenvalue weighted by molar-refractivity contribution is -0.0398. The van der Waals surface area contributed by atoms with E-state index in [2.05, 4.69) is 25.2 Å². The summed E-state index contributed by atoms with van der Waals surface area (Å²) in [5, 5.41) is 12.8. The van der Waals surface area contributed by atoms with Crippen LogP contribution in [0.15, 0.2) is 0 Å². The molecule has 0 saturated heterocycles. The Morgan fingerprint density at radius 2 is 2.11 bits per heavy atom. The normalized spacial score (nSPS) is 32.3. The van der Waals surface area contributed by atoms with Gasteiger partial charge in [-0.1, -0.05) is 19.8 Å². The van der Waals surface area contributed by atoms with Gasteiger partial charge in [-0.05, 0) is 45.4 Å². The first kappa shape index (κ1) is 14.8. The number of rotatable bonds is 6. The number of nitrogens with one attached hydrogen (secondary N) is 1. The second-order valence-electron chi connectivity index (χ2n) is 6.91. The van der Waals surface area contributed by atoms with Gasteiger partial charge in [-0.15, -0.1) is 0 Å². The van der Waals surface area contributed by atoms with E-state index < -0.39 is 5.54 Å². The van der Waals surface area contributed by atoms with Crippen LogP contribution in [0.25, 0.3) is 0 Å². The summed E-state index contributed by atoms with van der Waals surface area (Å²) in [5.74, 6) is 0.790. The minimum atomic E-state index is -0.430. The molecule has 2 saturated carbocycles. The van der Waals surface area contributed by atoms with Gasteiger partial charge in [-0.3, -0.25) is 5.32 Å². The zero-order valence-corrected chi connectivity index (χ0v) is 12.6. The molecular weight excluding hydrogens is 236 g/mol. The van der Waals surface area contributed by atoms with Crippen molar-refractivity contribution in [3.63, 3.8) is 0 Å². The van der Waals surface area contributed by atoms with Crippen molar-refractivity contribution < 1.29 is 4.74 Å². The second kappa shape index (κ2) is 6.24. The molecule has 0 aromatic carbocycles. The van der Waals surface area contributed by atoms with Crippen LogP contribution in [0.1, 0.15) is 65.7 Å². The molecule has 0 bridgehead atoms. The van der Waals surface area contributed by atoms with Gasteiger partial charge in [0.25, 0.3) is 0 Å². The van der Waals surface area contributed by atoms with E-state index in [0.717, 1.165) is 12.3 Å². The molecule has 2 fully saturated rings. The minimum Gasteiger partial charge on any atom is -0.375 e. The minimum absolute atomic E-state index is 0.159. The maximum atomic E-state index is 9.39. The molecule has 3 heteroatoms. The van der Waals surface area contributed by atoms with Crippen LogP contribution in [-0.4, -0.2) is 23.8 Å². The summed E-state index contributed by atoms with van der Waals surface area (Å²) in [6.45, 7) is 6.44. The molecule has 0 aromatic rings. The highest BCUT2D eigenvalue weighted by Crippen LogP contribution is 2.29. The first-order chi connectivity index (χ1) is 9.00. The number of hydrogen-bond donors (Lipinski definition) is 1. The topological polar surface area (TPSA) is 45.0 Å². The fourth-order valence-corrected chi connectivity index (χ4v) is 3.27. The van der Waals surface area contributed by atoms with Crippen LogP contribution in [0.2, 0.25) is 0 Å². The van der Waals surface area contributed by atoms with Crippen molar-refractivity contribution in [3.8, 4) is 6.07 Å². The van der Waals surface area contributed by atoms with E-state index >= 15 is 0 Å². The molecule has 1 N–H and O–H groups in total. The van der Waals surface area contributed by atoms with Crippen LogP contribution in [0.5, 0.6) is 0 Å². The molecule has 4 unspecified atom stereocenters. The van der Waals surface area contributed by atoms with Crippen LogP contribution in [-0.2, 0) is 4.74 Å². The summed E-state index contributed by atoms with van der Waals surface area (Å²) >= 11 is 0. The van der Waals surface area contributed by atoms with Gasteiger partial charge in [0.15, 0.2) is 0 Å². The molecule has 2 aliphatic carbocycles. The van der Waals surface area contributed by atoms with Crippen LogP contribution in [0.3, 0.4) is 0 Å². The van der Waals surface area contributed by atoms with E-state index in [-0.39, 0.29) is 6.10 Å². The SMILES string of the molecule is CC1CCCC(OC(C)CC(C)(C#N)NC2CC2)C1. The van der Waals surface area contributed by atoms with E-state index in [0.29, 0.717) is 12.1 Å². The Bertz CT molecular complexity index is 334. The van der Waals surface area contributed by atoms with Gasteiger partial charge < -0.3 is 4.74 Å². The highest BCUT2D eigenvalue weighted by atomic mass is 16.5. The fraction of sp³-hybridized carbons (Fsp3) is 0.938. The predicted molar refractivity (Wildman–Crippen MR) is 76.8 cm³/mol. The van der Waals surface area contributed by atoms with Crippen molar-refractivity contribution in [2.45, 2.75) is 89.5 Å². The Labute approximate surface area is 117 Å². The largest absolute Gasteiger partial charge is 0.375 e. The fourth-order valence-electron chi connectivity index (χ4n) is 3.27. The first-order valence-corrected chi connectivity index (χ1v) is 7.85. The average Bonchev–Trinajstić information content (AvgIpc) is 3.12. The number of nitrogens with zero attached hydrogens (tertiary/aromatic N) is 1. The zero-order chi connectivity index (χ0) is 13.9. The molecular formula is C16H28N2O. The van der Waals surface area contributed by atoms with Crippen LogP contribution < -0.4 is 5.32 Å². The van der Waals surface area contributed by atoms with Crippen molar-refractivity contribution in [2.75, 3.05) is 0 Å². The lowest BCUT2D eigenvalue weighted by atomic mass is 9.88. The first-order valence-electron chi connectivity index (χ1n) is 7.85. The lowest BCUT2D eigenvalue weighted by Gasteiger charge is -2.32. The number of ether oxygens (including phenoxy) is 1. The standard InChI is InChI=1S/C16H28N2O/c1-12-5-4-6-15(9-12)19-13(2)10-16(3,11-17)18-14-7-8-14/h12-15,18H,4-10H2,1-3H3. The summed E-state index contributed by atoms with van der Waals surface area (Å²) in [5.41, 5.74) is -0.430. The van der Waals surface area contributed by atoms with Gasteiger partial charge in [-0.2, -0.15) is 5.26 Å². The highest BCUT2D eigenvalue weighted by molar-refractivity contribution is 5.08. The quantitative estimate of drug-likeness (QED) is 0.799. The van der Waals surface area contributed by atoms with E-state index in [9.17, 15) is 5.26 Å². The summed E-state index contributed by atoms with van der Waals surface area (Å²) in [6.07, 6.45) is 8.78. The number of hydrogen-bond acceptors (Lipinski definition) is 3. The molecule has 19 heavy (non-hydrogen) atoms. The molecule has 0 aromatic heterocycles. The van der Waals surface area contributed by atoms with Crippen LogP contribution in [0, 0.1) is 17.2 Å². The lowest BCUT2D eigenvalue weighted by Crippen LogP contribution is -2.45. The van der Waals surface area contributed by atoms with E-state index in [1.807, 2.05) is 6.92 Å². The van der Waals surface area contributed by atoms with Crippen molar-refractivity contribution in [1.29, 1.82) is 5.26 Å². The molecule has 2 rings (SSSR count). The van der Waals surface area contributed by atoms with Crippen LogP contribution in [0.4, 0.5) is 0 Å². The molecule has 0 amide bonds. The maximum absolute atomic E-state index is 9.39. The average molecular weight is 264 g/mol. The molecule has 0 aliphatic heterocycles. The molecule has 4 atom stereocenters. The molecule has 0 spiro atoms. The van der Waals surface area contributed by atoms with Crippen molar-refractivity contribution in [1.82, 2.24) is 5.32 Å². The smallest absolute Gasteiger partial charge is 0.106 e. The molecule has 2 aliphatic rings. The third kappa shape index (κ3) is 4.78. The van der Waals surface area contributed by atoms with Gasteiger partial charge in [0.1, 0.15) is 5.54 Å². The van der Waals surface area contributed by atoms with Crippen molar-refractivity contribution in [2.24, 2.45) is 5.92 Å². The summed E-state index contributed by atoms with van der Waals surface area (Å²) in [4.78, 5) is 0. The zero-order valence-electron chi connectivity index (χ0n) is 12.6. The summed E-state index contributed by atoms with van der Waals surface area (Å²) in [7, 11) is 0. The number of nitriles is 1. The van der Waals surface area contributed by atoms with Crippen LogP contribution >= 0.6 is 0 Å². The highest BCUT2D eigenvalue weighted by Gasteiger charge is 2.34. The molecule has 108 valence electrons. The van der Waals surface area contributed by atoms with E-state index in [1.54, 1.807) is 0 Å². The van der Waals surface area contributed by atoms with E-state index in [1.165, 1.54) is 38.5 Å². The predicted octanol–water partition coefficient (Wildman–Crippen LogP) is 3.39. The van der Waals surface area contributed by atoms with Crippen molar-refractivity contribution >= 4 is 0 Å². The molecule has 3 nitrogen and oxygen atoms in total. The second-order valence-corrected chi connectivity index (χ2v) is 6.91. The van der Waals surface area contributed by atoms with Gasteiger partial charge in [0.05, 0.1) is 18.3 Å². The Morgan fingerprint density at radius 1 is 1.37 bits per heavy atom. The van der Waals surface area contributed by atoms with Gasteiger partial charge in [-0.25, -0.2) is 0 Å². The Balaban J connectivity index is 1.78. The monoisotopic (exact) mass is 264 g/mol. The van der Waals surface area contributed by atoms with Gasteiger partial charge in [0, 0.05) is 12.5 Å². The molecule has 0 radical (unpaired) electrons. The molecule has 0 heterocycles. The maximum Gasteiger partial charge on any atom is 0.106 e. The Hall–Kier alpha value is -0.590. The van der Waals surface area contributed by atoms with Gasteiger partial charge in [0.2, 0.25) is 0 Å². The summed E-state index contributed by atoms with van der Waals surface area (Å²) < 4.78 is 6.17. The Kier molecular flexibility index (Phi) is 4.86. The van der Waals surface area contributed by atoms with E-state index in [4.69, 9.17) is 4.74 Å². The third-order valence-electron chi connectivity index (χ3n) is 4.36. The van der Waals surface area contributed by atoms with Gasteiger partial charge >= 0.3 is 0 Å². The summed E-state index contributed by atoms with van der Waals surface area (Å²) in [6, 6.07) is 3.00. The third-order valence-corrected chi connectivity index (χ3v) is 4.36.